The summed E-state index contributed by atoms with van der Waals surface area (Å²) in [6.45, 7) is 14.1. The van der Waals surface area contributed by atoms with Crippen molar-refractivity contribution in [2.24, 2.45) is 16.9 Å². The average molecular weight is 414 g/mol. The lowest BCUT2D eigenvalue weighted by Gasteiger charge is -2.35. The van der Waals surface area contributed by atoms with Crippen LogP contribution in [0.1, 0.15) is 20.8 Å². The number of carbonyl (C=O) groups excluding carboxylic acids is 3. The van der Waals surface area contributed by atoms with E-state index < -0.39 is 0 Å². The number of hydrogen-bond acceptors (Lipinski definition) is 7. The maximum atomic E-state index is 11.5. The minimum absolute atomic E-state index is 0.149. The fourth-order valence-corrected chi connectivity index (χ4v) is 3.49. The summed E-state index contributed by atoms with van der Waals surface area (Å²) >= 11 is 0. The molecule has 168 valence electrons. The molecule has 1 fully saturated rings. The summed E-state index contributed by atoms with van der Waals surface area (Å²) in [6, 6.07) is 0. The first kappa shape index (κ1) is 25.3. The van der Waals surface area contributed by atoms with Gasteiger partial charge >= 0.3 is 0 Å². The highest BCUT2D eigenvalue weighted by atomic mass is 16.1. The van der Waals surface area contributed by atoms with Gasteiger partial charge in [-0.2, -0.15) is 0 Å². The molecule has 0 aromatic rings. The van der Waals surface area contributed by atoms with Crippen LogP contribution in [0.5, 0.6) is 0 Å². The molecule has 0 aliphatic carbocycles. The first-order valence-corrected chi connectivity index (χ1v) is 10.2. The van der Waals surface area contributed by atoms with Crippen molar-refractivity contribution in [3.8, 4) is 0 Å². The Morgan fingerprint density at radius 2 is 1.17 bits per heavy atom. The fraction of sp³-hybridized carbons (Fsp3) is 0.842. The highest BCUT2D eigenvalue weighted by Crippen LogP contribution is 2.15. The van der Waals surface area contributed by atoms with E-state index in [0.717, 1.165) is 32.7 Å². The van der Waals surface area contributed by atoms with Gasteiger partial charge in [0.25, 0.3) is 0 Å². The van der Waals surface area contributed by atoms with Crippen LogP contribution >= 0.6 is 0 Å². The number of nitrogens with two attached hydrogens (primary N) is 2. The number of primary amides is 2. The van der Waals surface area contributed by atoms with Crippen LogP contribution in [0.2, 0.25) is 0 Å². The van der Waals surface area contributed by atoms with E-state index in [9.17, 15) is 14.4 Å². The van der Waals surface area contributed by atoms with Crippen LogP contribution in [0, 0.1) is 5.41 Å². The summed E-state index contributed by atoms with van der Waals surface area (Å²) in [6.07, 6.45) is 0.700. The molecule has 3 amide bonds. The van der Waals surface area contributed by atoms with Gasteiger partial charge in [-0.1, -0.05) is 20.8 Å². The first-order chi connectivity index (χ1) is 13.6. The molecule has 10 nitrogen and oxygen atoms in total. The molecule has 0 spiro atoms. The molecule has 0 aromatic heterocycles. The number of rotatable bonds is 8. The van der Waals surface area contributed by atoms with Gasteiger partial charge in [-0.3, -0.25) is 29.1 Å². The Labute approximate surface area is 174 Å². The second-order valence-corrected chi connectivity index (χ2v) is 8.92. The van der Waals surface area contributed by atoms with Gasteiger partial charge in [0, 0.05) is 58.9 Å². The number of nitrogens with zero attached hydrogens (tertiary/aromatic N) is 4. The lowest BCUT2D eigenvalue weighted by molar-refractivity contribution is -0.120. The van der Waals surface area contributed by atoms with E-state index in [4.69, 9.17) is 11.5 Å². The predicted octanol–water partition coefficient (Wildman–Crippen LogP) is -2.07. The summed E-state index contributed by atoms with van der Waals surface area (Å²) in [7, 11) is 0. The summed E-state index contributed by atoms with van der Waals surface area (Å²) in [5, 5.41) is 2.73. The van der Waals surface area contributed by atoms with Crippen LogP contribution < -0.4 is 16.8 Å². The van der Waals surface area contributed by atoms with Crippen LogP contribution in [0.15, 0.2) is 0 Å². The monoisotopic (exact) mass is 413 g/mol. The molecule has 5 N–H and O–H groups in total. The zero-order valence-electron chi connectivity index (χ0n) is 18.2. The van der Waals surface area contributed by atoms with Crippen LogP contribution in [0.4, 0.5) is 0 Å². The summed E-state index contributed by atoms with van der Waals surface area (Å²) in [5.41, 5.74) is 11.0. The molecule has 10 heteroatoms. The van der Waals surface area contributed by atoms with Crippen LogP contribution in [-0.4, -0.2) is 116 Å². The molecular weight excluding hydrogens is 374 g/mol. The van der Waals surface area contributed by atoms with Gasteiger partial charge in [0.1, 0.15) is 0 Å². The fourth-order valence-electron chi connectivity index (χ4n) is 3.49. The molecule has 1 heterocycles. The molecule has 0 aromatic carbocycles. The van der Waals surface area contributed by atoms with Crippen LogP contribution in [0.3, 0.4) is 0 Å². The molecule has 0 unspecified atom stereocenters. The van der Waals surface area contributed by atoms with Crippen molar-refractivity contribution in [3.63, 3.8) is 0 Å². The molecule has 0 radical (unpaired) electrons. The Morgan fingerprint density at radius 3 is 1.52 bits per heavy atom. The predicted molar refractivity (Wildman–Crippen MR) is 113 cm³/mol. The first-order valence-electron chi connectivity index (χ1n) is 10.2. The Balaban J connectivity index is 2.91. The van der Waals surface area contributed by atoms with Crippen molar-refractivity contribution in [1.29, 1.82) is 0 Å². The Morgan fingerprint density at radius 1 is 0.793 bits per heavy atom. The molecule has 1 saturated heterocycles. The van der Waals surface area contributed by atoms with Gasteiger partial charge in [0.05, 0.1) is 19.8 Å². The zero-order chi connectivity index (χ0) is 21.9. The lowest BCUT2D eigenvalue weighted by atomic mass is 9.96. The molecule has 0 bridgehead atoms. The Kier molecular flexibility index (Phi) is 11.1. The third-order valence-electron chi connectivity index (χ3n) is 4.78. The van der Waals surface area contributed by atoms with Gasteiger partial charge < -0.3 is 21.7 Å². The lowest BCUT2D eigenvalue weighted by Crippen LogP contribution is -2.50. The summed E-state index contributed by atoms with van der Waals surface area (Å²) in [5.74, 6) is -0.737. The SMILES string of the molecule is CC(C)(C)CN1CCN(CNC=O)CCN(CC(N)=O)CCN(CC(N)=O)CC1. The summed E-state index contributed by atoms with van der Waals surface area (Å²) < 4.78 is 0. The third kappa shape index (κ3) is 12.4. The minimum atomic E-state index is -0.382. The van der Waals surface area contributed by atoms with Crippen LogP contribution in [-0.2, 0) is 14.4 Å². The molecule has 0 atom stereocenters. The number of amides is 3. The van der Waals surface area contributed by atoms with E-state index in [-0.39, 0.29) is 30.3 Å². The number of carbonyl (C=O) groups is 3. The van der Waals surface area contributed by atoms with E-state index in [1.807, 2.05) is 9.80 Å². The van der Waals surface area contributed by atoms with E-state index in [2.05, 4.69) is 35.9 Å². The molecule has 1 rings (SSSR count). The molecule has 0 saturated carbocycles. The van der Waals surface area contributed by atoms with Crippen molar-refractivity contribution < 1.29 is 14.4 Å². The normalized spacial score (nSPS) is 19.8. The largest absolute Gasteiger partial charge is 0.369 e. The second kappa shape index (κ2) is 12.7. The van der Waals surface area contributed by atoms with Gasteiger partial charge in [0.2, 0.25) is 18.2 Å². The smallest absolute Gasteiger partial charge is 0.231 e. The Bertz CT molecular complexity index is 524. The van der Waals surface area contributed by atoms with Crippen molar-refractivity contribution in [2.75, 3.05) is 78.7 Å². The van der Waals surface area contributed by atoms with Gasteiger partial charge in [-0.25, -0.2) is 0 Å². The Hall–Kier alpha value is -1.75. The quantitative estimate of drug-likeness (QED) is 0.390. The number of nitrogens with one attached hydrogen (secondary N) is 1. The zero-order valence-corrected chi connectivity index (χ0v) is 18.2. The van der Waals surface area contributed by atoms with Crippen LogP contribution in [0.25, 0.3) is 0 Å². The van der Waals surface area contributed by atoms with Gasteiger partial charge in [-0.05, 0) is 5.41 Å². The van der Waals surface area contributed by atoms with Crippen molar-refractivity contribution in [2.45, 2.75) is 20.8 Å². The molecule has 1 aliphatic rings. The summed E-state index contributed by atoms with van der Waals surface area (Å²) in [4.78, 5) is 42.3. The number of hydrogen-bond donors (Lipinski definition) is 3. The van der Waals surface area contributed by atoms with E-state index in [1.165, 1.54) is 0 Å². The van der Waals surface area contributed by atoms with Crippen molar-refractivity contribution in [1.82, 2.24) is 24.9 Å². The van der Waals surface area contributed by atoms with Gasteiger partial charge in [-0.15, -0.1) is 0 Å². The second-order valence-electron chi connectivity index (χ2n) is 8.92. The topological polar surface area (TPSA) is 128 Å². The average Bonchev–Trinajstić information content (AvgIpc) is 2.59. The van der Waals surface area contributed by atoms with E-state index in [1.54, 1.807) is 0 Å². The van der Waals surface area contributed by atoms with Gasteiger partial charge in [0.15, 0.2) is 0 Å². The molecule has 29 heavy (non-hydrogen) atoms. The highest BCUT2D eigenvalue weighted by molar-refractivity contribution is 5.76. The van der Waals surface area contributed by atoms with E-state index in [0.29, 0.717) is 39.3 Å². The van der Waals surface area contributed by atoms with E-state index >= 15 is 0 Å². The minimum Gasteiger partial charge on any atom is -0.369 e. The third-order valence-corrected chi connectivity index (χ3v) is 4.78. The van der Waals surface area contributed by atoms with Crippen molar-refractivity contribution in [3.05, 3.63) is 0 Å². The van der Waals surface area contributed by atoms with Crippen molar-refractivity contribution >= 4 is 18.2 Å². The standard InChI is InChI=1S/C19H39N7O3/c1-19(2,3)14-25-8-6-23(12-17(20)28)4-5-24(13-18(21)29)7-10-26(11-9-25)15-22-16-27/h16H,4-15H2,1-3H3,(H2,20,28)(H2,21,29)(H,22,27). The maximum Gasteiger partial charge on any atom is 0.231 e. The molecule has 1 aliphatic heterocycles. The molecular formula is C19H39N7O3. The maximum absolute atomic E-state index is 11.5. The highest BCUT2D eigenvalue weighted by Gasteiger charge is 2.21.